The Balaban J connectivity index is 2.00. The molecule has 1 aliphatic heterocycles. The molecule has 0 spiro atoms. The predicted octanol–water partition coefficient (Wildman–Crippen LogP) is 1.16. The monoisotopic (exact) mass is 340 g/mol. The van der Waals surface area contributed by atoms with Gasteiger partial charge in [-0.1, -0.05) is 30.3 Å². The molecular weight excluding hydrogens is 316 g/mol. The zero-order valence-corrected chi connectivity index (χ0v) is 14.4. The normalized spacial score (nSPS) is 20.3. The van der Waals surface area contributed by atoms with Crippen molar-refractivity contribution in [1.82, 2.24) is 9.62 Å². The predicted molar refractivity (Wildman–Crippen MR) is 88.3 cm³/mol. The number of carbonyl (C=O) groups excluding carboxylic acids is 1. The third-order valence-electron chi connectivity index (χ3n) is 4.03. The number of benzene rings is 1. The number of sulfonamides is 1. The molecule has 2 rings (SSSR count). The maximum atomic E-state index is 12.7. The summed E-state index contributed by atoms with van der Waals surface area (Å²) in [5, 5.41) is 0. The van der Waals surface area contributed by atoms with Crippen LogP contribution in [-0.4, -0.2) is 52.2 Å². The summed E-state index contributed by atoms with van der Waals surface area (Å²) < 4.78 is 30.4. The highest BCUT2D eigenvalue weighted by Gasteiger charge is 2.30. The Labute approximate surface area is 137 Å². The van der Waals surface area contributed by atoms with Crippen molar-refractivity contribution < 1.29 is 17.9 Å². The number of methoxy groups -OCH3 is 1. The highest BCUT2D eigenvalue weighted by atomic mass is 32.2. The highest BCUT2D eigenvalue weighted by molar-refractivity contribution is 7.88. The second-order valence-corrected chi connectivity index (χ2v) is 7.77. The number of carbonyl (C=O) groups is 1. The quantitative estimate of drug-likeness (QED) is 0.843. The standard InChI is InChI=1S/C16H24N2O4S/c1-22-15(14-8-4-3-5-9-14)16(19)18-10-6-7-13(12-18)11-17-23(2,20)21/h3-5,8-9,13,15,17H,6-7,10-12H2,1-2H3. The van der Waals surface area contributed by atoms with Crippen molar-refractivity contribution in [2.45, 2.75) is 18.9 Å². The molecule has 7 heteroatoms. The number of amides is 1. The molecule has 1 heterocycles. The average molecular weight is 340 g/mol. The molecule has 128 valence electrons. The fraction of sp³-hybridized carbons (Fsp3) is 0.562. The molecule has 0 aromatic heterocycles. The lowest BCUT2D eigenvalue weighted by atomic mass is 9.97. The van der Waals surface area contributed by atoms with E-state index in [1.165, 1.54) is 7.11 Å². The lowest BCUT2D eigenvalue weighted by Crippen LogP contribution is -2.45. The molecule has 6 nitrogen and oxygen atoms in total. The van der Waals surface area contributed by atoms with Crippen LogP contribution in [-0.2, 0) is 19.6 Å². The van der Waals surface area contributed by atoms with E-state index >= 15 is 0 Å². The summed E-state index contributed by atoms with van der Waals surface area (Å²) >= 11 is 0. The van der Waals surface area contributed by atoms with Crippen LogP contribution < -0.4 is 4.72 Å². The van der Waals surface area contributed by atoms with Gasteiger partial charge in [-0.25, -0.2) is 13.1 Å². The minimum Gasteiger partial charge on any atom is -0.367 e. The third kappa shape index (κ3) is 5.30. The number of ether oxygens (including phenoxy) is 1. The first-order chi connectivity index (χ1) is 10.9. The molecule has 0 bridgehead atoms. The maximum Gasteiger partial charge on any atom is 0.256 e. The van der Waals surface area contributed by atoms with Crippen molar-refractivity contribution in [3.8, 4) is 0 Å². The van der Waals surface area contributed by atoms with E-state index in [4.69, 9.17) is 4.74 Å². The number of piperidine rings is 1. The van der Waals surface area contributed by atoms with Crippen LogP contribution in [0, 0.1) is 5.92 Å². The van der Waals surface area contributed by atoms with Crippen molar-refractivity contribution in [1.29, 1.82) is 0 Å². The lowest BCUT2D eigenvalue weighted by Gasteiger charge is -2.34. The van der Waals surface area contributed by atoms with E-state index in [-0.39, 0.29) is 11.8 Å². The zero-order valence-electron chi connectivity index (χ0n) is 13.6. The van der Waals surface area contributed by atoms with Crippen LogP contribution in [0.1, 0.15) is 24.5 Å². The van der Waals surface area contributed by atoms with Gasteiger partial charge in [0.05, 0.1) is 6.26 Å². The fourth-order valence-electron chi connectivity index (χ4n) is 2.87. The van der Waals surface area contributed by atoms with Gasteiger partial charge in [0.2, 0.25) is 10.0 Å². The number of hydrogen-bond acceptors (Lipinski definition) is 4. The van der Waals surface area contributed by atoms with Gasteiger partial charge >= 0.3 is 0 Å². The first-order valence-corrected chi connectivity index (χ1v) is 9.61. The molecule has 2 unspecified atom stereocenters. The Bertz CT molecular complexity index is 618. The Kier molecular flexibility index (Phi) is 6.15. The van der Waals surface area contributed by atoms with Crippen molar-refractivity contribution in [2.24, 2.45) is 5.92 Å². The molecule has 1 amide bonds. The minimum atomic E-state index is -3.20. The van der Waals surface area contributed by atoms with E-state index in [9.17, 15) is 13.2 Å². The molecule has 1 fully saturated rings. The summed E-state index contributed by atoms with van der Waals surface area (Å²) in [4.78, 5) is 14.5. The van der Waals surface area contributed by atoms with Crippen molar-refractivity contribution in [2.75, 3.05) is 33.0 Å². The van der Waals surface area contributed by atoms with Crippen LogP contribution in [0.2, 0.25) is 0 Å². The van der Waals surface area contributed by atoms with E-state index < -0.39 is 16.1 Å². The molecule has 1 aliphatic rings. The van der Waals surface area contributed by atoms with Gasteiger partial charge in [0.1, 0.15) is 0 Å². The van der Waals surface area contributed by atoms with E-state index in [0.717, 1.165) is 24.7 Å². The van der Waals surface area contributed by atoms with E-state index in [2.05, 4.69) is 4.72 Å². The third-order valence-corrected chi connectivity index (χ3v) is 4.72. The molecular formula is C16H24N2O4S. The second kappa shape index (κ2) is 7.90. The van der Waals surface area contributed by atoms with Crippen LogP contribution in [0.5, 0.6) is 0 Å². The number of hydrogen-bond donors (Lipinski definition) is 1. The largest absolute Gasteiger partial charge is 0.367 e. The molecule has 1 aromatic rings. The van der Waals surface area contributed by atoms with E-state index in [0.29, 0.717) is 19.6 Å². The molecule has 0 saturated carbocycles. The van der Waals surface area contributed by atoms with Gasteiger partial charge in [-0.2, -0.15) is 0 Å². The summed E-state index contributed by atoms with van der Waals surface area (Å²) in [5.41, 5.74) is 0.830. The smallest absolute Gasteiger partial charge is 0.256 e. The summed E-state index contributed by atoms with van der Waals surface area (Å²) in [5.74, 6) is 0.0680. The fourth-order valence-corrected chi connectivity index (χ4v) is 3.41. The molecule has 23 heavy (non-hydrogen) atoms. The van der Waals surface area contributed by atoms with Crippen molar-refractivity contribution in [3.05, 3.63) is 35.9 Å². The van der Waals surface area contributed by atoms with Crippen molar-refractivity contribution in [3.63, 3.8) is 0 Å². The van der Waals surface area contributed by atoms with Crippen LogP contribution in [0.25, 0.3) is 0 Å². The van der Waals surface area contributed by atoms with Crippen LogP contribution in [0.3, 0.4) is 0 Å². The number of nitrogens with zero attached hydrogens (tertiary/aromatic N) is 1. The van der Waals surface area contributed by atoms with Gasteiger partial charge in [-0.05, 0) is 24.3 Å². The molecule has 1 aromatic carbocycles. The summed E-state index contributed by atoms with van der Waals surface area (Å²) in [6.45, 7) is 1.60. The van der Waals surface area contributed by atoms with Gasteiger partial charge in [-0.15, -0.1) is 0 Å². The summed E-state index contributed by atoms with van der Waals surface area (Å²) in [6, 6.07) is 9.40. The van der Waals surface area contributed by atoms with Gasteiger partial charge < -0.3 is 9.64 Å². The minimum absolute atomic E-state index is 0.0669. The Hall–Kier alpha value is -1.44. The number of nitrogens with one attached hydrogen (secondary N) is 1. The van der Waals surface area contributed by atoms with Crippen LogP contribution >= 0.6 is 0 Å². The molecule has 0 aliphatic carbocycles. The van der Waals surface area contributed by atoms with E-state index in [1.807, 2.05) is 30.3 Å². The highest BCUT2D eigenvalue weighted by Crippen LogP contribution is 2.23. The maximum absolute atomic E-state index is 12.7. The Morgan fingerprint density at radius 2 is 2.09 bits per heavy atom. The molecule has 0 radical (unpaired) electrons. The Morgan fingerprint density at radius 3 is 2.70 bits per heavy atom. The van der Waals surface area contributed by atoms with E-state index in [1.54, 1.807) is 4.90 Å². The van der Waals surface area contributed by atoms with Crippen LogP contribution in [0.15, 0.2) is 30.3 Å². The van der Waals surface area contributed by atoms with Crippen LogP contribution in [0.4, 0.5) is 0 Å². The van der Waals surface area contributed by atoms with Gasteiger partial charge in [0.25, 0.3) is 5.91 Å². The topological polar surface area (TPSA) is 75.7 Å². The average Bonchev–Trinajstić information content (AvgIpc) is 2.54. The second-order valence-electron chi connectivity index (χ2n) is 5.94. The zero-order chi connectivity index (χ0) is 16.9. The van der Waals surface area contributed by atoms with Crippen molar-refractivity contribution >= 4 is 15.9 Å². The summed E-state index contributed by atoms with van der Waals surface area (Å²) in [6.07, 6.45) is 2.31. The van der Waals surface area contributed by atoms with Gasteiger partial charge in [0.15, 0.2) is 6.10 Å². The van der Waals surface area contributed by atoms with Gasteiger partial charge in [-0.3, -0.25) is 4.79 Å². The molecule has 1 saturated heterocycles. The number of rotatable bonds is 6. The lowest BCUT2D eigenvalue weighted by molar-refractivity contribution is -0.144. The Morgan fingerprint density at radius 1 is 1.39 bits per heavy atom. The summed E-state index contributed by atoms with van der Waals surface area (Å²) in [7, 11) is -1.67. The molecule has 1 N–H and O–H groups in total. The first-order valence-electron chi connectivity index (χ1n) is 7.72. The SMILES string of the molecule is COC(C(=O)N1CCCC(CNS(C)(=O)=O)C1)c1ccccc1. The first kappa shape index (κ1) is 17.9. The van der Waals surface area contributed by atoms with Gasteiger partial charge in [0, 0.05) is 26.7 Å². The number of likely N-dealkylation sites (tertiary alicyclic amines) is 1. The molecule has 2 atom stereocenters.